The van der Waals surface area contributed by atoms with Crippen LogP contribution < -0.4 is 20.1 Å². The predicted octanol–water partition coefficient (Wildman–Crippen LogP) is 4.67. The Kier molecular flexibility index (Phi) is 6.62. The molecule has 0 aliphatic rings. The average Bonchev–Trinajstić information content (AvgIpc) is 3.08. The van der Waals surface area contributed by atoms with Crippen LogP contribution >= 0.6 is 27.3 Å². The van der Waals surface area contributed by atoms with Crippen LogP contribution in [-0.2, 0) is 9.59 Å². The third-order valence-corrected chi connectivity index (χ3v) is 4.89. The lowest BCUT2D eigenvalue weighted by Gasteiger charge is -2.14. The van der Waals surface area contributed by atoms with Gasteiger partial charge in [-0.2, -0.15) is 0 Å². The molecule has 0 fully saturated rings. The number of hydrogen-bond donors (Lipinski definition) is 2. The number of rotatable bonds is 7. The van der Waals surface area contributed by atoms with Crippen molar-refractivity contribution in [2.24, 2.45) is 0 Å². The van der Waals surface area contributed by atoms with Gasteiger partial charge in [-0.05, 0) is 40.2 Å². The first kappa shape index (κ1) is 19.8. The Morgan fingerprint density at radius 1 is 1.00 bits per heavy atom. The largest absolute Gasteiger partial charge is 0.493 e. The molecule has 0 saturated heterocycles. The highest BCUT2D eigenvalue weighted by atomic mass is 79.9. The number of hydrogen-bond acceptors (Lipinski definition) is 6. The molecule has 0 radical (unpaired) electrons. The Balaban J connectivity index is 1.65. The summed E-state index contributed by atoms with van der Waals surface area (Å²) in [6.45, 7) is 0. The zero-order chi connectivity index (χ0) is 19.9. The molecule has 144 valence electrons. The minimum Gasteiger partial charge on any atom is -0.493 e. The smallest absolute Gasteiger partial charge is 0.235 e. The van der Waals surface area contributed by atoms with E-state index in [2.05, 4.69) is 31.5 Å². The molecule has 0 unspecified atom stereocenters. The number of carbonyl (C=O) groups excluding carboxylic acids is 2. The molecule has 1 heterocycles. The molecule has 2 amide bonds. The second-order valence-electron chi connectivity index (χ2n) is 5.49. The van der Waals surface area contributed by atoms with E-state index >= 15 is 0 Å². The molecule has 3 aromatic rings. The molecule has 0 aliphatic carbocycles. The number of nitrogens with zero attached hydrogens (tertiary/aromatic N) is 1. The first-order valence-electron chi connectivity index (χ1n) is 8.16. The fourth-order valence-corrected chi connectivity index (χ4v) is 3.42. The number of methoxy groups -OCH3 is 1. The number of halogens is 1. The summed E-state index contributed by atoms with van der Waals surface area (Å²) in [6.07, 6.45) is 1.23. The lowest BCUT2D eigenvalue weighted by molar-refractivity contribution is -0.123. The first-order valence-corrected chi connectivity index (χ1v) is 9.77. The molecule has 2 aromatic carbocycles. The summed E-state index contributed by atoms with van der Waals surface area (Å²) in [5.41, 5.74) is 0.447. The number of para-hydroxylation sites is 4. The van der Waals surface area contributed by atoms with Gasteiger partial charge in [0.25, 0.3) is 0 Å². The fourth-order valence-electron chi connectivity index (χ4n) is 2.30. The number of amides is 2. The van der Waals surface area contributed by atoms with Crippen molar-refractivity contribution in [1.82, 2.24) is 4.98 Å². The van der Waals surface area contributed by atoms with Gasteiger partial charge in [-0.25, -0.2) is 4.98 Å². The Morgan fingerprint density at radius 2 is 1.64 bits per heavy atom. The van der Waals surface area contributed by atoms with Crippen LogP contribution in [0, 0.1) is 0 Å². The van der Waals surface area contributed by atoms with Gasteiger partial charge in [0.15, 0.2) is 22.4 Å². The van der Waals surface area contributed by atoms with Crippen LogP contribution in [0.3, 0.4) is 0 Å². The summed E-state index contributed by atoms with van der Waals surface area (Å²) in [4.78, 5) is 28.3. The standard InChI is InChI=1S/C19H16BrN3O4S/c1-26-14-8-4-5-9-15(14)27-13-7-3-2-6-12(13)22-17(24)10-18(25)23-19-21-11-16(20)28-19/h2-9,11H,10H2,1H3,(H,22,24)(H,21,23,25). The van der Waals surface area contributed by atoms with E-state index in [-0.39, 0.29) is 6.42 Å². The maximum atomic E-state index is 12.3. The van der Waals surface area contributed by atoms with E-state index in [1.54, 1.807) is 49.7 Å². The van der Waals surface area contributed by atoms with Crippen LogP contribution in [0.2, 0.25) is 0 Å². The quantitative estimate of drug-likeness (QED) is 0.498. The molecule has 0 bridgehead atoms. The van der Waals surface area contributed by atoms with Crippen LogP contribution in [0.15, 0.2) is 58.5 Å². The van der Waals surface area contributed by atoms with E-state index in [0.29, 0.717) is 28.1 Å². The number of benzene rings is 2. The van der Waals surface area contributed by atoms with E-state index in [4.69, 9.17) is 9.47 Å². The number of carbonyl (C=O) groups is 2. The van der Waals surface area contributed by atoms with E-state index in [1.807, 2.05) is 12.1 Å². The second-order valence-corrected chi connectivity index (χ2v) is 7.90. The lowest BCUT2D eigenvalue weighted by Crippen LogP contribution is -2.21. The van der Waals surface area contributed by atoms with Crippen molar-refractivity contribution in [1.29, 1.82) is 0 Å². The lowest BCUT2D eigenvalue weighted by atomic mass is 10.2. The van der Waals surface area contributed by atoms with E-state index in [0.717, 1.165) is 3.79 Å². The van der Waals surface area contributed by atoms with E-state index in [1.165, 1.54) is 11.3 Å². The molecule has 7 nitrogen and oxygen atoms in total. The molecule has 28 heavy (non-hydrogen) atoms. The summed E-state index contributed by atoms with van der Waals surface area (Å²) in [6, 6.07) is 14.1. The summed E-state index contributed by atoms with van der Waals surface area (Å²) >= 11 is 4.53. The van der Waals surface area contributed by atoms with Gasteiger partial charge in [-0.15, -0.1) is 0 Å². The number of ether oxygens (including phenoxy) is 2. The van der Waals surface area contributed by atoms with Gasteiger partial charge in [-0.1, -0.05) is 35.6 Å². The number of aromatic nitrogens is 1. The SMILES string of the molecule is COc1ccccc1Oc1ccccc1NC(=O)CC(=O)Nc1ncc(Br)s1. The zero-order valence-electron chi connectivity index (χ0n) is 14.8. The van der Waals surface area contributed by atoms with Crippen LogP contribution in [0.1, 0.15) is 6.42 Å². The highest BCUT2D eigenvalue weighted by Gasteiger charge is 2.14. The summed E-state index contributed by atoms with van der Waals surface area (Å²) in [5.74, 6) is 0.590. The molecule has 3 rings (SSSR count). The van der Waals surface area contributed by atoms with E-state index < -0.39 is 11.8 Å². The Bertz CT molecular complexity index is 993. The van der Waals surface area contributed by atoms with Crippen LogP contribution in [0.5, 0.6) is 17.2 Å². The van der Waals surface area contributed by atoms with Crippen LogP contribution in [-0.4, -0.2) is 23.9 Å². The Hall–Kier alpha value is -2.91. The molecule has 9 heteroatoms. The summed E-state index contributed by atoms with van der Waals surface area (Å²) in [7, 11) is 1.55. The van der Waals surface area contributed by atoms with Gasteiger partial charge in [0.1, 0.15) is 6.42 Å². The Labute approximate surface area is 173 Å². The molecular weight excluding hydrogens is 446 g/mol. The molecule has 0 spiro atoms. The van der Waals surface area contributed by atoms with Crippen molar-refractivity contribution < 1.29 is 19.1 Å². The normalized spacial score (nSPS) is 10.2. The van der Waals surface area contributed by atoms with E-state index in [9.17, 15) is 9.59 Å². The fraction of sp³-hybridized carbons (Fsp3) is 0.105. The van der Waals surface area contributed by atoms with Crippen molar-refractivity contribution in [3.63, 3.8) is 0 Å². The second kappa shape index (κ2) is 9.34. The van der Waals surface area contributed by atoms with Gasteiger partial charge in [-0.3, -0.25) is 9.59 Å². The third-order valence-electron chi connectivity index (χ3n) is 3.50. The number of anilines is 2. The minimum atomic E-state index is -0.468. The van der Waals surface area contributed by atoms with Gasteiger partial charge < -0.3 is 20.1 Å². The van der Waals surface area contributed by atoms with Gasteiger partial charge in [0.2, 0.25) is 11.8 Å². The van der Waals surface area contributed by atoms with Gasteiger partial charge in [0, 0.05) is 0 Å². The van der Waals surface area contributed by atoms with Crippen molar-refractivity contribution in [3.05, 3.63) is 58.5 Å². The molecule has 2 N–H and O–H groups in total. The molecular formula is C19H16BrN3O4S. The highest BCUT2D eigenvalue weighted by molar-refractivity contribution is 9.11. The van der Waals surface area contributed by atoms with Crippen LogP contribution in [0.4, 0.5) is 10.8 Å². The topological polar surface area (TPSA) is 89.5 Å². The summed E-state index contributed by atoms with van der Waals surface area (Å²) < 4.78 is 11.9. The molecule has 1 aromatic heterocycles. The molecule has 0 saturated carbocycles. The molecule has 0 aliphatic heterocycles. The van der Waals surface area contributed by atoms with Crippen molar-refractivity contribution in [3.8, 4) is 17.2 Å². The Morgan fingerprint density at radius 3 is 2.32 bits per heavy atom. The monoisotopic (exact) mass is 461 g/mol. The number of nitrogens with one attached hydrogen (secondary N) is 2. The van der Waals surface area contributed by atoms with Gasteiger partial charge >= 0.3 is 0 Å². The summed E-state index contributed by atoms with van der Waals surface area (Å²) in [5, 5.41) is 5.70. The predicted molar refractivity (Wildman–Crippen MR) is 111 cm³/mol. The zero-order valence-corrected chi connectivity index (χ0v) is 17.2. The van der Waals surface area contributed by atoms with Gasteiger partial charge in [0.05, 0.1) is 22.8 Å². The minimum absolute atomic E-state index is 0.347. The van der Waals surface area contributed by atoms with Crippen LogP contribution in [0.25, 0.3) is 0 Å². The number of thiazole rings is 1. The molecule has 0 atom stereocenters. The first-order chi connectivity index (χ1) is 13.5. The maximum Gasteiger partial charge on any atom is 0.235 e. The van der Waals surface area contributed by atoms with Crippen molar-refractivity contribution in [2.45, 2.75) is 6.42 Å². The third kappa shape index (κ3) is 5.30. The highest BCUT2D eigenvalue weighted by Crippen LogP contribution is 2.34. The maximum absolute atomic E-state index is 12.3. The van der Waals surface area contributed by atoms with Crippen molar-refractivity contribution >= 4 is 49.9 Å². The average molecular weight is 462 g/mol. The van der Waals surface area contributed by atoms with Crippen molar-refractivity contribution in [2.75, 3.05) is 17.7 Å².